The first-order valence-corrected chi connectivity index (χ1v) is 18.0. The van der Waals surface area contributed by atoms with Crippen LogP contribution >= 0.6 is 0 Å². The van der Waals surface area contributed by atoms with Crippen LogP contribution in [0.4, 0.5) is 4.79 Å². The predicted molar refractivity (Wildman–Crippen MR) is 195 cm³/mol. The van der Waals surface area contributed by atoms with E-state index in [0.29, 0.717) is 10.8 Å². The van der Waals surface area contributed by atoms with Crippen LogP contribution in [-0.4, -0.2) is 99.5 Å². The van der Waals surface area contributed by atoms with Crippen LogP contribution < -0.4 is 31.4 Å². The molecule has 0 radical (unpaired) electrons. The third-order valence-electron chi connectivity index (χ3n) is 8.85. The van der Waals surface area contributed by atoms with E-state index in [0.717, 1.165) is 29.2 Å². The number of ether oxygens (including phenoxy) is 1. The van der Waals surface area contributed by atoms with Crippen molar-refractivity contribution in [3.8, 4) is 11.1 Å². The first kappa shape index (κ1) is 43.6. The topological polar surface area (TPSA) is 297 Å². The zero-order valence-corrected chi connectivity index (χ0v) is 31.7. The summed E-state index contributed by atoms with van der Waals surface area (Å²) in [7, 11) is 0. The molecule has 1 fully saturated rings. The van der Waals surface area contributed by atoms with Gasteiger partial charge in [0.15, 0.2) is 0 Å². The third-order valence-corrected chi connectivity index (χ3v) is 8.85. The fourth-order valence-electron chi connectivity index (χ4n) is 6.05. The molecule has 2 heterocycles. The number of hydroxylamine groups is 2. The Hall–Kier alpha value is -7.12. The number of aromatic amines is 2. The Balaban J connectivity index is 0.00000178. The molecule has 5 rings (SSSR count). The maximum atomic E-state index is 13.7. The highest BCUT2D eigenvalue weighted by Crippen LogP contribution is 2.44. The van der Waals surface area contributed by atoms with Crippen molar-refractivity contribution in [3.05, 3.63) is 77.9 Å². The molecule has 58 heavy (non-hydrogen) atoms. The Morgan fingerprint density at radius 2 is 1.52 bits per heavy atom. The number of amides is 6. The van der Waals surface area contributed by atoms with Crippen LogP contribution in [0.1, 0.15) is 69.2 Å². The SMILES string of the molecule is CC(=O)[O-].CC(C)(NC(=O)[C@H](Cc1c[nH+]c[nH]1)NC(=O)OCC1c2ccccc2-c2ccccc21)C(=O)N[C@@H](CCC(=O)O)C(=O)NCC(=O)ON1C(=O)CCC1=O. The van der Waals surface area contributed by atoms with Crippen molar-refractivity contribution in [3.63, 3.8) is 0 Å². The highest BCUT2D eigenvalue weighted by atomic mass is 16.7. The summed E-state index contributed by atoms with van der Waals surface area (Å²) < 4.78 is 5.64. The van der Waals surface area contributed by atoms with Gasteiger partial charge in [-0.3, -0.25) is 33.8 Å². The van der Waals surface area contributed by atoms with Gasteiger partial charge in [0, 0.05) is 37.6 Å². The number of fused-ring (bicyclic) bond motifs is 3. The first-order valence-electron chi connectivity index (χ1n) is 18.0. The Morgan fingerprint density at radius 1 is 0.931 bits per heavy atom. The van der Waals surface area contributed by atoms with Crippen LogP contribution in [0, 0.1) is 0 Å². The largest absolute Gasteiger partial charge is 0.550 e. The minimum absolute atomic E-state index is 0.00952. The minimum Gasteiger partial charge on any atom is -0.550 e. The summed E-state index contributed by atoms with van der Waals surface area (Å²) in [6.45, 7) is 2.82. The van der Waals surface area contributed by atoms with Crippen LogP contribution in [-0.2, 0) is 54.4 Å². The van der Waals surface area contributed by atoms with E-state index in [1.165, 1.54) is 20.2 Å². The van der Waals surface area contributed by atoms with Crippen molar-refractivity contribution in [2.24, 2.45) is 0 Å². The summed E-state index contributed by atoms with van der Waals surface area (Å²) in [5.41, 5.74) is 2.90. The first-order chi connectivity index (χ1) is 27.5. The molecule has 20 heteroatoms. The number of nitrogens with one attached hydrogen (secondary N) is 6. The summed E-state index contributed by atoms with van der Waals surface area (Å²) >= 11 is 0. The van der Waals surface area contributed by atoms with E-state index in [4.69, 9.17) is 19.5 Å². The normalized spacial score (nSPS) is 14.1. The zero-order chi connectivity index (χ0) is 42.6. The highest BCUT2D eigenvalue weighted by Gasteiger charge is 2.37. The molecule has 2 atom stereocenters. The number of H-pyrrole nitrogens is 2. The van der Waals surface area contributed by atoms with E-state index in [-0.39, 0.29) is 31.8 Å². The van der Waals surface area contributed by atoms with Crippen LogP contribution in [0.15, 0.2) is 61.1 Å². The number of nitrogens with zero attached hydrogens (tertiary/aromatic N) is 1. The Labute approximate surface area is 331 Å². The summed E-state index contributed by atoms with van der Waals surface area (Å²) in [5, 5.41) is 28.1. The molecule has 2 aliphatic rings. The minimum atomic E-state index is -1.72. The number of aliphatic carboxylic acids is 2. The van der Waals surface area contributed by atoms with Crippen LogP contribution in [0.25, 0.3) is 11.1 Å². The second kappa shape index (κ2) is 19.6. The second-order valence-corrected chi connectivity index (χ2v) is 13.7. The van der Waals surface area contributed by atoms with Gasteiger partial charge in [0.25, 0.3) is 11.8 Å². The molecule has 0 saturated carbocycles. The number of carboxylic acid groups (broad SMARTS) is 2. The van der Waals surface area contributed by atoms with Gasteiger partial charge in [-0.25, -0.2) is 14.6 Å². The fourth-order valence-corrected chi connectivity index (χ4v) is 6.05. The summed E-state index contributed by atoms with van der Waals surface area (Å²) in [4.78, 5) is 120. The molecule has 7 N–H and O–H groups in total. The molecule has 2 aromatic carbocycles. The van der Waals surface area contributed by atoms with Crippen LogP contribution in [0.3, 0.4) is 0 Å². The Morgan fingerprint density at radius 3 is 2.07 bits per heavy atom. The standard InChI is InChI=1S/C36H39N7O11.C2H4O2/c1-36(2,34(51)40-26(11-14-30(46)47)32(49)38-17-31(48)54-43-28(44)12-13-29(43)45)42-33(50)27(15-20-16-37-19-39-20)41-35(52)53-18-25-23-9-5-3-7-21(23)22-8-4-6-10-24(22)25;1-2(3)4/h3-10,16,19,25-27H,11-15,17-18H2,1-2H3,(H,37,39)(H,38,49)(H,40,51)(H,41,52)(H,42,50)(H,46,47);1H3,(H,3,4)/t26-,27-;/m0./s1. The average Bonchev–Trinajstić information content (AvgIpc) is 3.88. The number of benzene rings is 2. The highest BCUT2D eigenvalue weighted by molar-refractivity contribution is 6.02. The number of imidazole rings is 1. The lowest BCUT2D eigenvalue weighted by atomic mass is 9.98. The number of carboxylic acids is 2. The van der Waals surface area contributed by atoms with Gasteiger partial charge in [-0.1, -0.05) is 48.5 Å². The van der Waals surface area contributed by atoms with Gasteiger partial charge in [-0.05, 0) is 49.4 Å². The van der Waals surface area contributed by atoms with Crippen molar-refractivity contribution in [2.75, 3.05) is 13.2 Å². The number of carbonyl (C=O) groups is 9. The third kappa shape index (κ3) is 11.9. The van der Waals surface area contributed by atoms with Gasteiger partial charge in [0.05, 0.1) is 0 Å². The summed E-state index contributed by atoms with van der Waals surface area (Å²) in [5.74, 6) is -7.84. The molecule has 1 saturated heterocycles. The smallest absolute Gasteiger partial charge is 0.407 e. The number of imide groups is 1. The van der Waals surface area contributed by atoms with Gasteiger partial charge < -0.3 is 45.8 Å². The lowest BCUT2D eigenvalue weighted by Crippen LogP contribution is -2.62. The predicted octanol–water partition coefficient (Wildman–Crippen LogP) is -0.997. The lowest BCUT2D eigenvalue weighted by Gasteiger charge is -2.29. The van der Waals surface area contributed by atoms with Crippen LogP contribution in [0.5, 0.6) is 0 Å². The number of alkyl carbamates (subject to hydrolysis) is 1. The molecular weight excluding hydrogens is 762 g/mol. The maximum Gasteiger partial charge on any atom is 0.407 e. The quantitative estimate of drug-likeness (QED) is 0.0949. The van der Waals surface area contributed by atoms with Gasteiger partial charge >= 0.3 is 18.0 Å². The van der Waals surface area contributed by atoms with Crippen molar-refractivity contribution in [2.45, 2.75) is 76.4 Å². The number of carbonyl (C=O) groups excluding carboxylic acids is 8. The molecule has 0 bridgehead atoms. The van der Waals surface area contributed by atoms with E-state index in [1.807, 2.05) is 48.5 Å². The van der Waals surface area contributed by atoms with Crippen LogP contribution in [0.2, 0.25) is 0 Å². The maximum absolute atomic E-state index is 13.7. The molecule has 20 nitrogen and oxygen atoms in total. The van der Waals surface area contributed by atoms with Crippen molar-refractivity contribution >= 4 is 53.5 Å². The van der Waals surface area contributed by atoms with E-state index in [2.05, 4.69) is 31.2 Å². The number of hydrogen-bond acceptors (Lipinski definition) is 12. The number of aromatic nitrogens is 2. The molecule has 1 aromatic heterocycles. The monoisotopic (exact) mass is 805 g/mol. The molecule has 1 aliphatic carbocycles. The van der Waals surface area contributed by atoms with Gasteiger partial charge in [-0.15, -0.1) is 5.06 Å². The van der Waals surface area contributed by atoms with Crippen molar-refractivity contribution < 1.29 is 67.9 Å². The van der Waals surface area contributed by atoms with Gasteiger partial charge in [0.1, 0.15) is 42.7 Å². The van der Waals surface area contributed by atoms with E-state index < -0.39 is 90.5 Å². The van der Waals surface area contributed by atoms with Crippen molar-refractivity contribution in [1.82, 2.24) is 31.3 Å². The number of hydrogen-bond donors (Lipinski definition) is 6. The average molecular weight is 806 g/mol. The molecule has 6 amide bonds. The Kier molecular flexibility index (Phi) is 14.8. The molecule has 1 aliphatic heterocycles. The van der Waals surface area contributed by atoms with Gasteiger partial charge in [-0.2, -0.15) is 0 Å². The molecule has 308 valence electrons. The van der Waals surface area contributed by atoms with E-state index in [1.54, 1.807) is 6.20 Å². The second-order valence-electron chi connectivity index (χ2n) is 13.7. The fraction of sp³-hybridized carbons (Fsp3) is 0.368. The Bertz CT molecular complexity index is 1980. The lowest BCUT2D eigenvalue weighted by molar-refractivity contribution is -0.376. The van der Waals surface area contributed by atoms with Gasteiger partial charge in [0.2, 0.25) is 24.0 Å². The molecule has 0 unspecified atom stereocenters. The summed E-state index contributed by atoms with van der Waals surface area (Å²) in [6.07, 6.45) is 0.969. The molecular formula is C38H43N7O13. The summed E-state index contributed by atoms with van der Waals surface area (Å²) in [6, 6.07) is 12.9. The number of rotatable bonds is 16. The molecule has 3 aromatic rings. The van der Waals surface area contributed by atoms with E-state index in [9.17, 15) is 43.5 Å². The zero-order valence-electron chi connectivity index (χ0n) is 31.7. The van der Waals surface area contributed by atoms with Crippen molar-refractivity contribution in [1.29, 1.82) is 0 Å². The van der Waals surface area contributed by atoms with E-state index >= 15 is 0 Å². The molecule has 0 spiro atoms.